The van der Waals surface area contributed by atoms with E-state index in [1.165, 1.54) is 0 Å². The van der Waals surface area contributed by atoms with Crippen LogP contribution in [0.25, 0.3) is 0 Å². The first-order valence-corrected chi connectivity index (χ1v) is 9.32. The molecule has 26 heavy (non-hydrogen) atoms. The molecule has 0 saturated carbocycles. The van der Waals surface area contributed by atoms with Gasteiger partial charge in [0.1, 0.15) is 0 Å². The van der Waals surface area contributed by atoms with Crippen LogP contribution >= 0.6 is 24.2 Å². The van der Waals surface area contributed by atoms with Gasteiger partial charge in [-0.2, -0.15) is 0 Å². The molecule has 1 aliphatic heterocycles. The molecule has 138 valence electrons. The van der Waals surface area contributed by atoms with Crippen LogP contribution in [0.2, 0.25) is 0 Å². The number of halogens is 1. The summed E-state index contributed by atoms with van der Waals surface area (Å²) in [4.78, 5) is 25.4. The van der Waals surface area contributed by atoms with Gasteiger partial charge in [0, 0.05) is 34.9 Å². The van der Waals surface area contributed by atoms with Gasteiger partial charge < -0.3 is 16.0 Å². The lowest BCUT2D eigenvalue weighted by atomic mass is 10.1. The quantitative estimate of drug-likeness (QED) is 0.722. The Morgan fingerprint density at radius 3 is 2.85 bits per heavy atom. The summed E-state index contributed by atoms with van der Waals surface area (Å²) in [6, 6.07) is 13.2. The van der Waals surface area contributed by atoms with Crippen molar-refractivity contribution in [1.82, 2.24) is 5.32 Å². The minimum absolute atomic E-state index is 0. The van der Waals surface area contributed by atoms with E-state index < -0.39 is 0 Å². The fraction of sp³-hybridized carbons (Fsp3) is 0.263. The van der Waals surface area contributed by atoms with E-state index in [2.05, 4.69) is 16.0 Å². The van der Waals surface area contributed by atoms with Crippen molar-refractivity contribution in [3.8, 4) is 0 Å². The third-order valence-electron chi connectivity index (χ3n) is 3.93. The maximum Gasteiger partial charge on any atom is 0.255 e. The molecule has 0 fully saturated rings. The fourth-order valence-electron chi connectivity index (χ4n) is 2.61. The van der Waals surface area contributed by atoms with Gasteiger partial charge in [0.15, 0.2) is 0 Å². The van der Waals surface area contributed by atoms with Crippen molar-refractivity contribution < 1.29 is 9.59 Å². The van der Waals surface area contributed by atoms with Crippen molar-refractivity contribution >= 4 is 47.4 Å². The van der Waals surface area contributed by atoms with E-state index in [0.29, 0.717) is 24.2 Å². The first-order chi connectivity index (χ1) is 12.2. The zero-order chi connectivity index (χ0) is 17.6. The Kier molecular flexibility index (Phi) is 7.50. The minimum Gasteiger partial charge on any atom is -0.325 e. The fourth-order valence-corrected chi connectivity index (χ4v) is 3.55. The number of benzene rings is 2. The van der Waals surface area contributed by atoms with E-state index in [1.807, 2.05) is 37.3 Å². The number of hydrogen-bond donors (Lipinski definition) is 3. The summed E-state index contributed by atoms with van der Waals surface area (Å²) in [6.07, 6.45) is 0.485. The van der Waals surface area contributed by atoms with Gasteiger partial charge in [0.25, 0.3) is 5.91 Å². The van der Waals surface area contributed by atoms with Crippen LogP contribution < -0.4 is 16.0 Å². The number of carbonyl (C=O) groups is 2. The Balaban J connectivity index is 0.00000243. The highest BCUT2D eigenvalue weighted by atomic mass is 35.5. The molecule has 3 rings (SSSR count). The number of rotatable bonds is 5. The van der Waals surface area contributed by atoms with Crippen molar-refractivity contribution in [3.05, 3.63) is 53.6 Å². The zero-order valence-electron chi connectivity index (χ0n) is 14.5. The number of fused-ring (bicyclic) bond motifs is 1. The van der Waals surface area contributed by atoms with Gasteiger partial charge in [-0.25, -0.2) is 0 Å². The number of amides is 2. The van der Waals surface area contributed by atoms with Crippen LogP contribution in [-0.2, 0) is 11.3 Å². The molecule has 0 saturated heterocycles. The summed E-state index contributed by atoms with van der Waals surface area (Å²) in [5.41, 5.74) is 3.07. The molecule has 0 aromatic heterocycles. The van der Waals surface area contributed by atoms with Crippen molar-refractivity contribution in [1.29, 1.82) is 0 Å². The molecule has 0 bridgehead atoms. The first kappa shape index (κ1) is 20.3. The van der Waals surface area contributed by atoms with Crippen LogP contribution in [0.4, 0.5) is 11.4 Å². The standard InChI is InChI=1S/C19H21N3O2S.ClH/c1-2-20-12-14-5-3-4-6-15(14)22-19(24)13-7-8-17-16(11-13)21-18(23)9-10-25-17;/h3-8,11,20H,2,9-10,12H2,1H3,(H,21,23)(H,22,24);1H. The highest BCUT2D eigenvalue weighted by molar-refractivity contribution is 7.99. The van der Waals surface area contributed by atoms with Gasteiger partial charge in [0.2, 0.25) is 5.91 Å². The molecule has 3 N–H and O–H groups in total. The summed E-state index contributed by atoms with van der Waals surface area (Å²) in [6.45, 7) is 3.61. The van der Waals surface area contributed by atoms with Crippen molar-refractivity contribution in [3.63, 3.8) is 0 Å². The average Bonchev–Trinajstić information content (AvgIpc) is 2.80. The lowest BCUT2D eigenvalue weighted by Gasteiger charge is -2.13. The highest BCUT2D eigenvalue weighted by Gasteiger charge is 2.16. The molecule has 2 aromatic rings. The van der Waals surface area contributed by atoms with Crippen LogP contribution in [0.1, 0.15) is 29.3 Å². The summed E-state index contributed by atoms with van der Waals surface area (Å²) in [5.74, 6) is 0.553. The lowest BCUT2D eigenvalue weighted by molar-refractivity contribution is -0.115. The number of carbonyl (C=O) groups excluding carboxylic acids is 2. The van der Waals surface area contributed by atoms with Crippen LogP contribution in [0.5, 0.6) is 0 Å². The van der Waals surface area contributed by atoms with Gasteiger partial charge in [-0.3, -0.25) is 9.59 Å². The molecule has 5 nitrogen and oxygen atoms in total. The number of nitrogens with one attached hydrogen (secondary N) is 3. The Morgan fingerprint density at radius 1 is 1.23 bits per heavy atom. The molecule has 2 amide bonds. The molecule has 1 aliphatic rings. The second-order valence-corrected chi connectivity index (χ2v) is 6.89. The molecule has 1 heterocycles. The maximum atomic E-state index is 12.6. The molecule has 0 atom stereocenters. The van der Waals surface area contributed by atoms with E-state index in [4.69, 9.17) is 0 Å². The zero-order valence-corrected chi connectivity index (χ0v) is 16.1. The number of thioether (sulfide) groups is 1. The van der Waals surface area contributed by atoms with Crippen molar-refractivity contribution in [2.45, 2.75) is 24.8 Å². The van der Waals surface area contributed by atoms with E-state index in [-0.39, 0.29) is 24.2 Å². The van der Waals surface area contributed by atoms with Crippen molar-refractivity contribution in [2.24, 2.45) is 0 Å². The summed E-state index contributed by atoms with van der Waals surface area (Å²) in [7, 11) is 0. The van der Waals surface area contributed by atoms with Crippen LogP contribution in [0, 0.1) is 0 Å². The van der Waals surface area contributed by atoms with Crippen LogP contribution in [-0.4, -0.2) is 24.1 Å². The molecule has 0 radical (unpaired) electrons. The average molecular weight is 392 g/mol. The van der Waals surface area contributed by atoms with E-state index >= 15 is 0 Å². The molecular formula is C19H22ClN3O2S. The van der Waals surface area contributed by atoms with Gasteiger partial charge >= 0.3 is 0 Å². The predicted molar refractivity (Wildman–Crippen MR) is 109 cm³/mol. The summed E-state index contributed by atoms with van der Waals surface area (Å²) in [5, 5.41) is 9.11. The Labute approximate surface area is 163 Å². The smallest absolute Gasteiger partial charge is 0.255 e. The largest absolute Gasteiger partial charge is 0.325 e. The van der Waals surface area contributed by atoms with Crippen molar-refractivity contribution in [2.75, 3.05) is 22.9 Å². The number of anilines is 2. The molecule has 2 aromatic carbocycles. The van der Waals surface area contributed by atoms with Crippen LogP contribution in [0.3, 0.4) is 0 Å². The topological polar surface area (TPSA) is 70.2 Å². The third-order valence-corrected chi connectivity index (χ3v) is 5.01. The molecule has 7 heteroatoms. The van der Waals surface area contributed by atoms with E-state index in [9.17, 15) is 9.59 Å². The molecular weight excluding hydrogens is 370 g/mol. The van der Waals surface area contributed by atoms with E-state index in [0.717, 1.165) is 28.4 Å². The van der Waals surface area contributed by atoms with Gasteiger partial charge in [-0.05, 0) is 36.4 Å². The van der Waals surface area contributed by atoms with Gasteiger partial charge in [-0.1, -0.05) is 25.1 Å². The predicted octanol–water partition coefficient (Wildman–Crippen LogP) is 3.90. The Morgan fingerprint density at radius 2 is 2.04 bits per heavy atom. The van der Waals surface area contributed by atoms with Gasteiger partial charge in [-0.15, -0.1) is 24.2 Å². The van der Waals surface area contributed by atoms with Crippen LogP contribution in [0.15, 0.2) is 47.4 Å². The van der Waals surface area contributed by atoms with Gasteiger partial charge in [0.05, 0.1) is 5.69 Å². The second kappa shape index (κ2) is 9.62. The maximum absolute atomic E-state index is 12.6. The molecule has 0 spiro atoms. The minimum atomic E-state index is -0.185. The Hall–Kier alpha value is -2.02. The second-order valence-electron chi connectivity index (χ2n) is 5.75. The summed E-state index contributed by atoms with van der Waals surface area (Å²) >= 11 is 1.63. The monoisotopic (exact) mass is 391 g/mol. The molecule has 0 aliphatic carbocycles. The number of para-hydroxylation sites is 1. The lowest BCUT2D eigenvalue weighted by Crippen LogP contribution is -2.17. The first-order valence-electron chi connectivity index (χ1n) is 8.34. The SMILES string of the molecule is CCNCc1ccccc1NC(=O)c1ccc2c(c1)NC(=O)CCS2.Cl. The molecule has 0 unspecified atom stereocenters. The normalized spacial score (nSPS) is 13.0. The third kappa shape index (κ3) is 5.00. The Bertz CT molecular complexity index is 798. The van der Waals surface area contributed by atoms with E-state index in [1.54, 1.807) is 23.9 Å². The summed E-state index contributed by atoms with van der Waals surface area (Å²) < 4.78 is 0. The highest BCUT2D eigenvalue weighted by Crippen LogP contribution is 2.31. The number of hydrogen-bond acceptors (Lipinski definition) is 4.